The molecule has 1 N–H and O–H groups in total. The molecule has 3 rings (SSSR count). The molecule has 0 unspecified atom stereocenters. The Bertz CT molecular complexity index is 792. The van der Waals surface area contributed by atoms with E-state index in [9.17, 15) is 13.2 Å². The number of sulfonamides is 1. The highest BCUT2D eigenvalue weighted by atomic mass is 79.9. The number of fused-ring (bicyclic) bond motifs is 1. The first-order valence-corrected chi connectivity index (χ1v) is 12.0. The minimum Gasteiger partial charge on any atom is -0.312 e. The van der Waals surface area contributed by atoms with Crippen LogP contribution in [0.2, 0.25) is 0 Å². The first kappa shape index (κ1) is 20.8. The van der Waals surface area contributed by atoms with Crippen molar-refractivity contribution < 1.29 is 13.2 Å². The van der Waals surface area contributed by atoms with Crippen molar-refractivity contribution in [2.24, 2.45) is 0 Å². The van der Waals surface area contributed by atoms with Gasteiger partial charge < -0.3 is 9.80 Å². The second kappa shape index (κ2) is 9.03. The number of hydrogen-bond acceptors (Lipinski definition) is 4. The Morgan fingerprint density at radius 3 is 2.63 bits per heavy atom. The van der Waals surface area contributed by atoms with Crippen LogP contribution >= 0.6 is 15.9 Å². The lowest BCUT2D eigenvalue weighted by Crippen LogP contribution is -2.33. The molecule has 27 heavy (non-hydrogen) atoms. The Hall–Kier alpha value is -0.960. The number of piperidine rings is 1. The summed E-state index contributed by atoms with van der Waals surface area (Å²) in [5, 5.41) is 0. The van der Waals surface area contributed by atoms with Gasteiger partial charge in [0.1, 0.15) is 0 Å². The molecular formula is C19H28BrN3O3S. The Kier molecular flexibility index (Phi) is 6.94. The maximum absolute atomic E-state index is 12.8. The lowest BCUT2D eigenvalue weighted by molar-refractivity contribution is -0.118. The van der Waals surface area contributed by atoms with Crippen molar-refractivity contribution in [3.63, 3.8) is 0 Å². The fraction of sp³-hybridized carbons (Fsp3) is 0.632. The third-order valence-corrected chi connectivity index (χ3v) is 7.73. The van der Waals surface area contributed by atoms with E-state index in [-0.39, 0.29) is 10.8 Å². The van der Waals surface area contributed by atoms with Gasteiger partial charge in [-0.15, -0.1) is 0 Å². The van der Waals surface area contributed by atoms with E-state index in [1.807, 2.05) is 13.0 Å². The highest BCUT2D eigenvalue weighted by Gasteiger charge is 2.28. The molecule has 0 saturated carbocycles. The first-order chi connectivity index (χ1) is 12.9. The molecule has 0 aliphatic carbocycles. The molecule has 8 heteroatoms. The van der Waals surface area contributed by atoms with Crippen molar-refractivity contribution in [3.8, 4) is 0 Å². The molecule has 1 saturated heterocycles. The SMILES string of the molecule is CCC(=O)N1CCc2cc(Br)c(S(=O)(=O)NCCCN3CCCCC3)cc21. The van der Waals surface area contributed by atoms with Crippen molar-refractivity contribution in [2.45, 2.75) is 50.3 Å². The van der Waals surface area contributed by atoms with Crippen molar-refractivity contribution in [2.75, 3.05) is 37.6 Å². The van der Waals surface area contributed by atoms with Gasteiger partial charge in [-0.05, 0) is 78.9 Å². The number of hydrogen-bond donors (Lipinski definition) is 1. The summed E-state index contributed by atoms with van der Waals surface area (Å²) in [7, 11) is -3.62. The third-order valence-electron chi connectivity index (χ3n) is 5.31. The Balaban J connectivity index is 1.66. The van der Waals surface area contributed by atoms with Gasteiger partial charge in [-0.3, -0.25) is 4.79 Å². The monoisotopic (exact) mass is 457 g/mol. The van der Waals surface area contributed by atoms with Crippen LogP contribution in [0.4, 0.5) is 5.69 Å². The molecule has 2 heterocycles. The van der Waals surface area contributed by atoms with E-state index in [4.69, 9.17) is 0 Å². The summed E-state index contributed by atoms with van der Waals surface area (Å²) in [5.41, 5.74) is 1.73. The quantitative estimate of drug-likeness (QED) is 0.638. The number of likely N-dealkylation sites (tertiary alicyclic amines) is 1. The van der Waals surface area contributed by atoms with Gasteiger partial charge in [0.05, 0.1) is 4.90 Å². The molecule has 150 valence electrons. The summed E-state index contributed by atoms with van der Waals surface area (Å²) in [6, 6.07) is 3.47. The van der Waals surface area contributed by atoms with Crippen LogP contribution in [0.3, 0.4) is 0 Å². The zero-order chi connectivity index (χ0) is 19.4. The van der Waals surface area contributed by atoms with E-state index in [1.54, 1.807) is 11.0 Å². The number of benzene rings is 1. The molecular weight excluding hydrogens is 430 g/mol. The van der Waals surface area contributed by atoms with Gasteiger partial charge in [0, 0.05) is 29.7 Å². The van der Waals surface area contributed by atoms with Gasteiger partial charge in [0.15, 0.2) is 0 Å². The number of halogens is 1. The van der Waals surface area contributed by atoms with E-state index in [2.05, 4.69) is 25.6 Å². The van der Waals surface area contributed by atoms with Crippen LogP contribution in [0.5, 0.6) is 0 Å². The zero-order valence-corrected chi connectivity index (χ0v) is 18.2. The summed E-state index contributed by atoms with van der Waals surface area (Å²) in [4.78, 5) is 16.4. The summed E-state index contributed by atoms with van der Waals surface area (Å²) in [6.07, 6.45) is 5.73. The normalized spacial score (nSPS) is 17.9. The maximum atomic E-state index is 12.8. The first-order valence-electron chi connectivity index (χ1n) is 9.77. The Morgan fingerprint density at radius 2 is 1.93 bits per heavy atom. The van der Waals surface area contributed by atoms with Crippen molar-refractivity contribution in [3.05, 3.63) is 22.2 Å². The molecule has 1 aromatic carbocycles. The molecule has 0 radical (unpaired) electrons. The van der Waals surface area contributed by atoms with Gasteiger partial charge in [0.2, 0.25) is 15.9 Å². The second-order valence-electron chi connectivity index (χ2n) is 7.21. The number of carbonyl (C=O) groups excluding carboxylic acids is 1. The fourth-order valence-corrected chi connectivity index (χ4v) is 5.99. The zero-order valence-electron chi connectivity index (χ0n) is 15.8. The van der Waals surface area contributed by atoms with Crippen LogP contribution in [-0.4, -0.2) is 51.9 Å². The summed E-state index contributed by atoms with van der Waals surface area (Å²) in [6.45, 7) is 6.00. The molecule has 0 spiro atoms. The largest absolute Gasteiger partial charge is 0.312 e. The molecule has 2 aliphatic rings. The van der Waals surface area contributed by atoms with E-state index >= 15 is 0 Å². The Morgan fingerprint density at radius 1 is 1.19 bits per heavy atom. The molecule has 0 atom stereocenters. The van der Waals surface area contributed by atoms with Crippen molar-refractivity contribution in [1.29, 1.82) is 0 Å². The number of carbonyl (C=O) groups is 1. The van der Waals surface area contributed by atoms with Gasteiger partial charge >= 0.3 is 0 Å². The van der Waals surface area contributed by atoms with Gasteiger partial charge in [-0.2, -0.15) is 0 Å². The van der Waals surface area contributed by atoms with Crippen LogP contribution in [0.25, 0.3) is 0 Å². The smallest absolute Gasteiger partial charge is 0.241 e. The summed E-state index contributed by atoms with van der Waals surface area (Å²) >= 11 is 3.40. The van der Waals surface area contributed by atoms with Gasteiger partial charge in [-0.25, -0.2) is 13.1 Å². The van der Waals surface area contributed by atoms with Gasteiger partial charge in [0.25, 0.3) is 0 Å². The number of rotatable bonds is 7. The van der Waals surface area contributed by atoms with E-state index in [0.29, 0.717) is 24.0 Å². The number of anilines is 1. The van der Waals surface area contributed by atoms with Gasteiger partial charge in [-0.1, -0.05) is 13.3 Å². The highest BCUT2D eigenvalue weighted by molar-refractivity contribution is 9.10. The number of nitrogens with one attached hydrogen (secondary N) is 1. The summed E-state index contributed by atoms with van der Waals surface area (Å²) in [5.74, 6) is 0.0221. The van der Waals surface area contributed by atoms with Crippen LogP contribution in [0.1, 0.15) is 44.6 Å². The minimum atomic E-state index is -3.62. The van der Waals surface area contributed by atoms with Crippen LogP contribution in [0, 0.1) is 0 Å². The number of nitrogens with zero attached hydrogens (tertiary/aromatic N) is 2. The number of amides is 1. The summed E-state index contributed by atoms with van der Waals surface area (Å²) < 4.78 is 28.9. The fourth-order valence-electron chi connectivity index (χ4n) is 3.81. The topological polar surface area (TPSA) is 69.7 Å². The maximum Gasteiger partial charge on any atom is 0.241 e. The molecule has 6 nitrogen and oxygen atoms in total. The lowest BCUT2D eigenvalue weighted by atomic mass is 10.1. The molecule has 1 fully saturated rings. The van der Waals surface area contributed by atoms with Crippen molar-refractivity contribution in [1.82, 2.24) is 9.62 Å². The predicted octanol–water partition coefficient (Wildman–Crippen LogP) is 2.90. The minimum absolute atomic E-state index is 0.0221. The molecule has 0 bridgehead atoms. The van der Waals surface area contributed by atoms with Crippen LogP contribution in [0.15, 0.2) is 21.5 Å². The molecule has 2 aliphatic heterocycles. The second-order valence-corrected chi connectivity index (χ2v) is 9.80. The van der Waals surface area contributed by atoms with E-state index in [1.165, 1.54) is 19.3 Å². The molecule has 0 aromatic heterocycles. The molecule has 1 aromatic rings. The molecule has 1 amide bonds. The standard InChI is InChI=1S/C19H28BrN3O3S/c1-2-19(24)23-12-7-15-13-16(20)18(14-17(15)23)27(25,26)21-8-6-11-22-9-4-3-5-10-22/h13-14,21H,2-12H2,1H3. The average Bonchev–Trinajstić information content (AvgIpc) is 3.07. The average molecular weight is 458 g/mol. The van der Waals surface area contributed by atoms with E-state index in [0.717, 1.165) is 43.7 Å². The Labute approximate surface area is 170 Å². The van der Waals surface area contributed by atoms with Crippen LogP contribution < -0.4 is 9.62 Å². The predicted molar refractivity (Wildman–Crippen MR) is 111 cm³/mol. The van der Waals surface area contributed by atoms with E-state index < -0.39 is 10.0 Å². The van der Waals surface area contributed by atoms with Crippen molar-refractivity contribution >= 4 is 37.5 Å². The lowest BCUT2D eigenvalue weighted by Gasteiger charge is -2.26. The third kappa shape index (κ3) is 4.91. The van der Waals surface area contributed by atoms with Crippen LogP contribution in [-0.2, 0) is 21.2 Å². The highest BCUT2D eigenvalue weighted by Crippen LogP contribution is 2.35.